The molecule has 0 aliphatic heterocycles. The molecule has 1 aromatic carbocycles. The molecule has 22 heavy (non-hydrogen) atoms. The third-order valence-corrected chi connectivity index (χ3v) is 3.00. The number of pyridine rings is 1. The predicted octanol–water partition coefficient (Wildman–Crippen LogP) is 3.31. The molecule has 0 radical (unpaired) electrons. The number of anilines is 2. The molecule has 1 heterocycles. The summed E-state index contributed by atoms with van der Waals surface area (Å²) in [6, 6.07) is 12.9. The summed E-state index contributed by atoms with van der Waals surface area (Å²) in [5.41, 5.74) is 0.655. The van der Waals surface area contributed by atoms with E-state index >= 15 is 0 Å². The maximum atomic E-state index is 11.8. The number of aromatic nitrogens is 1. The van der Waals surface area contributed by atoms with Crippen LogP contribution in [0, 0.1) is 0 Å². The van der Waals surface area contributed by atoms with Gasteiger partial charge in [-0.1, -0.05) is 31.5 Å². The van der Waals surface area contributed by atoms with Crippen molar-refractivity contribution in [1.29, 1.82) is 0 Å². The van der Waals surface area contributed by atoms with Gasteiger partial charge in [-0.05, 0) is 30.7 Å². The molecule has 0 saturated heterocycles. The minimum atomic E-state index is -0.211. The first-order chi connectivity index (χ1) is 10.8. The third kappa shape index (κ3) is 5.44. The highest BCUT2D eigenvalue weighted by atomic mass is 16.5. The molecule has 5 heteroatoms. The maximum Gasteiger partial charge on any atom is 0.262 e. The fourth-order valence-electron chi connectivity index (χ4n) is 1.83. The zero-order valence-electron chi connectivity index (χ0n) is 12.7. The molecule has 0 saturated carbocycles. The molecule has 2 aromatic rings. The van der Waals surface area contributed by atoms with Crippen LogP contribution in [0.15, 0.2) is 48.7 Å². The SMILES string of the molecule is CCCCNc1ccc(NC(=O)COc2ccccc2)cn1. The maximum absolute atomic E-state index is 11.8. The minimum absolute atomic E-state index is 0.0273. The van der Waals surface area contributed by atoms with Gasteiger partial charge in [0, 0.05) is 6.54 Å². The number of nitrogens with one attached hydrogen (secondary N) is 2. The highest BCUT2D eigenvalue weighted by Crippen LogP contribution is 2.11. The normalized spacial score (nSPS) is 10.0. The molecular weight excluding hydrogens is 278 g/mol. The smallest absolute Gasteiger partial charge is 0.262 e. The molecule has 2 rings (SSSR count). The molecule has 0 bridgehead atoms. The standard InChI is InChI=1S/C17H21N3O2/c1-2-3-11-18-16-10-9-14(12-19-16)20-17(21)13-22-15-7-5-4-6-8-15/h4-10,12H,2-3,11,13H2,1H3,(H,18,19)(H,20,21). The summed E-state index contributed by atoms with van der Waals surface area (Å²) >= 11 is 0. The van der Waals surface area contributed by atoms with E-state index in [0.717, 1.165) is 25.2 Å². The summed E-state index contributed by atoms with van der Waals surface area (Å²) in [5, 5.41) is 5.98. The Balaban J connectivity index is 1.76. The second-order valence-electron chi connectivity index (χ2n) is 4.86. The van der Waals surface area contributed by atoms with E-state index in [1.54, 1.807) is 6.20 Å². The van der Waals surface area contributed by atoms with Gasteiger partial charge in [0.1, 0.15) is 11.6 Å². The fourth-order valence-corrected chi connectivity index (χ4v) is 1.83. The lowest BCUT2D eigenvalue weighted by Crippen LogP contribution is -2.20. The first-order valence-electron chi connectivity index (χ1n) is 7.45. The van der Waals surface area contributed by atoms with Crippen molar-refractivity contribution in [2.75, 3.05) is 23.8 Å². The van der Waals surface area contributed by atoms with Crippen LogP contribution in [-0.2, 0) is 4.79 Å². The largest absolute Gasteiger partial charge is 0.484 e. The van der Waals surface area contributed by atoms with Gasteiger partial charge in [-0.15, -0.1) is 0 Å². The van der Waals surface area contributed by atoms with Gasteiger partial charge in [-0.3, -0.25) is 4.79 Å². The summed E-state index contributed by atoms with van der Waals surface area (Å²) in [5.74, 6) is 1.27. The molecule has 0 spiro atoms. The number of carbonyl (C=O) groups excluding carboxylic acids is 1. The van der Waals surface area contributed by atoms with E-state index in [1.165, 1.54) is 0 Å². The molecule has 1 amide bonds. The van der Waals surface area contributed by atoms with E-state index in [4.69, 9.17) is 4.74 Å². The van der Waals surface area contributed by atoms with E-state index in [0.29, 0.717) is 11.4 Å². The average Bonchev–Trinajstić information content (AvgIpc) is 2.56. The number of ether oxygens (including phenoxy) is 1. The highest BCUT2D eigenvalue weighted by molar-refractivity contribution is 5.91. The summed E-state index contributed by atoms with van der Waals surface area (Å²) in [4.78, 5) is 16.1. The molecule has 0 aliphatic carbocycles. The van der Waals surface area contributed by atoms with Crippen LogP contribution in [0.2, 0.25) is 0 Å². The highest BCUT2D eigenvalue weighted by Gasteiger charge is 2.04. The minimum Gasteiger partial charge on any atom is -0.484 e. The van der Waals surface area contributed by atoms with Gasteiger partial charge in [0.2, 0.25) is 0 Å². The number of benzene rings is 1. The second kappa shape index (κ2) is 8.67. The Morgan fingerprint density at radius 2 is 2.00 bits per heavy atom. The Bertz CT molecular complexity index is 570. The summed E-state index contributed by atoms with van der Waals surface area (Å²) in [6.45, 7) is 3.02. The van der Waals surface area contributed by atoms with Crippen LogP contribution < -0.4 is 15.4 Å². The number of hydrogen-bond acceptors (Lipinski definition) is 4. The monoisotopic (exact) mass is 299 g/mol. The quantitative estimate of drug-likeness (QED) is 0.734. The Hall–Kier alpha value is -2.56. The Kier molecular flexibility index (Phi) is 6.23. The van der Waals surface area contributed by atoms with Crippen molar-refractivity contribution in [2.45, 2.75) is 19.8 Å². The van der Waals surface area contributed by atoms with Crippen molar-refractivity contribution in [3.05, 3.63) is 48.7 Å². The van der Waals surface area contributed by atoms with Gasteiger partial charge in [0.25, 0.3) is 5.91 Å². The van der Waals surface area contributed by atoms with Crippen molar-refractivity contribution < 1.29 is 9.53 Å². The average molecular weight is 299 g/mol. The van der Waals surface area contributed by atoms with Crippen LogP contribution in [0.3, 0.4) is 0 Å². The first kappa shape index (κ1) is 15.8. The molecule has 1 aromatic heterocycles. The Morgan fingerprint density at radius 1 is 1.18 bits per heavy atom. The summed E-state index contributed by atoms with van der Waals surface area (Å²) in [6.07, 6.45) is 3.88. The molecule has 0 atom stereocenters. The Morgan fingerprint density at radius 3 is 2.68 bits per heavy atom. The summed E-state index contributed by atoms with van der Waals surface area (Å²) < 4.78 is 5.38. The molecule has 0 fully saturated rings. The van der Waals surface area contributed by atoms with Crippen molar-refractivity contribution in [3.63, 3.8) is 0 Å². The number of unbranched alkanes of at least 4 members (excludes halogenated alkanes) is 1. The number of para-hydroxylation sites is 1. The number of amides is 1. The zero-order chi connectivity index (χ0) is 15.6. The van der Waals surface area contributed by atoms with Crippen LogP contribution >= 0.6 is 0 Å². The number of nitrogens with zero attached hydrogens (tertiary/aromatic N) is 1. The lowest BCUT2D eigenvalue weighted by Gasteiger charge is -2.08. The van der Waals surface area contributed by atoms with Crippen molar-refractivity contribution >= 4 is 17.4 Å². The van der Waals surface area contributed by atoms with Crippen LogP contribution in [0.1, 0.15) is 19.8 Å². The fraction of sp³-hybridized carbons (Fsp3) is 0.294. The van der Waals surface area contributed by atoms with Gasteiger partial charge in [-0.2, -0.15) is 0 Å². The molecular formula is C17H21N3O2. The molecule has 0 aliphatic rings. The Labute approximate surface area is 130 Å². The lowest BCUT2D eigenvalue weighted by atomic mass is 10.3. The van der Waals surface area contributed by atoms with Crippen molar-refractivity contribution in [2.24, 2.45) is 0 Å². The van der Waals surface area contributed by atoms with E-state index in [9.17, 15) is 4.79 Å². The summed E-state index contributed by atoms with van der Waals surface area (Å²) in [7, 11) is 0. The third-order valence-electron chi connectivity index (χ3n) is 3.00. The molecule has 5 nitrogen and oxygen atoms in total. The van der Waals surface area contributed by atoms with Crippen LogP contribution in [0.5, 0.6) is 5.75 Å². The van der Waals surface area contributed by atoms with E-state index < -0.39 is 0 Å². The van der Waals surface area contributed by atoms with Gasteiger partial charge >= 0.3 is 0 Å². The van der Waals surface area contributed by atoms with Gasteiger partial charge < -0.3 is 15.4 Å². The van der Waals surface area contributed by atoms with Crippen LogP contribution in [0.4, 0.5) is 11.5 Å². The van der Waals surface area contributed by atoms with Gasteiger partial charge in [-0.25, -0.2) is 4.98 Å². The van der Waals surface area contributed by atoms with Crippen molar-refractivity contribution in [1.82, 2.24) is 4.98 Å². The van der Waals surface area contributed by atoms with Crippen LogP contribution in [0.25, 0.3) is 0 Å². The lowest BCUT2D eigenvalue weighted by molar-refractivity contribution is -0.118. The van der Waals surface area contributed by atoms with E-state index in [-0.39, 0.29) is 12.5 Å². The topological polar surface area (TPSA) is 63.2 Å². The van der Waals surface area contributed by atoms with E-state index in [2.05, 4.69) is 22.5 Å². The predicted molar refractivity (Wildman–Crippen MR) is 88.2 cm³/mol. The molecule has 2 N–H and O–H groups in total. The van der Waals surface area contributed by atoms with E-state index in [1.807, 2.05) is 42.5 Å². The molecule has 116 valence electrons. The van der Waals surface area contributed by atoms with Crippen molar-refractivity contribution in [3.8, 4) is 5.75 Å². The number of rotatable bonds is 8. The second-order valence-corrected chi connectivity index (χ2v) is 4.86. The van der Waals surface area contributed by atoms with Crippen LogP contribution in [-0.4, -0.2) is 24.0 Å². The zero-order valence-corrected chi connectivity index (χ0v) is 12.7. The first-order valence-corrected chi connectivity index (χ1v) is 7.45. The number of carbonyl (C=O) groups is 1. The van der Waals surface area contributed by atoms with Gasteiger partial charge in [0.05, 0.1) is 11.9 Å². The number of hydrogen-bond donors (Lipinski definition) is 2. The van der Waals surface area contributed by atoms with Gasteiger partial charge in [0.15, 0.2) is 6.61 Å². The molecule has 0 unspecified atom stereocenters.